The SMILES string of the molecule is CCCCCC(=O)NCc1ccc(C(=O)NCCN(C)C)cc1. The monoisotopic (exact) mass is 319 g/mol. The van der Waals surface area contributed by atoms with Gasteiger partial charge < -0.3 is 15.5 Å². The van der Waals surface area contributed by atoms with Crippen molar-refractivity contribution >= 4 is 11.8 Å². The second-order valence-corrected chi connectivity index (χ2v) is 5.99. The third-order valence-corrected chi connectivity index (χ3v) is 3.56. The summed E-state index contributed by atoms with van der Waals surface area (Å²) in [6.45, 7) is 4.07. The molecule has 0 saturated carbocycles. The second-order valence-electron chi connectivity index (χ2n) is 5.99. The lowest BCUT2D eigenvalue weighted by molar-refractivity contribution is -0.121. The molecule has 0 aromatic heterocycles. The molecule has 2 N–H and O–H groups in total. The molecule has 0 aliphatic heterocycles. The fourth-order valence-electron chi connectivity index (χ4n) is 2.09. The van der Waals surface area contributed by atoms with E-state index in [0.717, 1.165) is 31.4 Å². The summed E-state index contributed by atoms with van der Waals surface area (Å²) in [7, 11) is 3.94. The molecule has 0 aliphatic rings. The number of carbonyl (C=O) groups is 2. The highest BCUT2D eigenvalue weighted by molar-refractivity contribution is 5.94. The molecule has 1 rings (SSSR count). The number of carbonyl (C=O) groups excluding carboxylic acids is 2. The van der Waals surface area contributed by atoms with Crippen LogP contribution < -0.4 is 10.6 Å². The van der Waals surface area contributed by atoms with Crippen LogP contribution >= 0.6 is 0 Å². The van der Waals surface area contributed by atoms with Gasteiger partial charge in [-0.05, 0) is 38.2 Å². The molecule has 1 aromatic carbocycles. The molecule has 0 atom stereocenters. The summed E-state index contributed by atoms with van der Waals surface area (Å²) >= 11 is 0. The van der Waals surface area contributed by atoms with E-state index in [0.29, 0.717) is 25.1 Å². The van der Waals surface area contributed by atoms with E-state index in [1.807, 2.05) is 31.1 Å². The largest absolute Gasteiger partial charge is 0.352 e. The van der Waals surface area contributed by atoms with Crippen molar-refractivity contribution in [2.45, 2.75) is 39.2 Å². The van der Waals surface area contributed by atoms with Crippen molar-refractivity contribution in [1.29, 1.82) is 0 Å². The predicted octanol–water partition coefficient (Wildman–Crippen LogP) is 2.17. The Morgan fingerprint density at radius 3 is 2.35 bits per heavy atom. The molecule has 0 heterocycles. The van der Waals surface area contributed by atoms with E-state index in [1.165, 1.54) is 0 Å². The Bertz CT molecular complexity index is 484. The number of amides is 2. The highest BCUT2D eigenvalue weighted by Gasteiger charge is 2.05. The van der Waals surface area contributed by atoms with Crippen LogP contribution in [0.25, 0.3) is 0 Å². The fourth-order valence-corrected chi connectivity index (χ4v) is 2.09. The van der Waals surface area contributed by atoms with E-state index < -0.39 is 0 Å². The van der Waals surface area contributed by atoms with Crippen LogP contribution in [0.3, 0.4) is 0 Å². The smallest absolute Gasteiger partial charge is 0.251 e. The Labute approximate surface area is 139 Å². The molecule has 1 aromatic rings. The number of unbranched alkanes of at least 4 members (excludes halogenated alkanes) is 2. The first-order valence-electron chi connectivity index (χ1n) is 8.31. The van der Waals surface area contributed by atoms with Gasteiger partial charge in [-0.2, -0.15) is 0 Å². The number of rotatable bonds is 10. The summed E-state index contributed by atoms with van der Waals surface area (Å²) in [5.41, 5.74) is 1.64. The fraction of sp³-hybridized carbons (Fsp3) is 0.556. The summed E-state index contributed by atoms with van der Waals surface area (Å²) in [6, 6.07) is 7.35. The molecule has 5 heteroatoms. The van der Waals surface area contributed by atoms with Crippen molar-refractivity contribution in [2.75, 3.05) is 27.2 Å². The van der Waals surface area contributed by atoms with E-state index in [4.69, 9.17) is 0 Å². The van der Waals surface area contributed by atoms with Gasteiger partial charge >= 0.3 is 0 Å². The maximum Gasteiger partial charge on any atom is 0.251 e. The Morgan fingerprint density at radius 1 is 1.04 bits per heavy atom. The summed E-state index contributed by atoms with van der Waals surface area (Å²) in [5, 5.41) is 5.79. The van der Waals surface area contributed by atoms with Crippen LogP contribution in [0.1, 0.15) is 48.5 Å². The standard InChI is InChI=1S/C18H29N3O2/c1-4-5-6-7-17(22)20-14-15-8-10-16(11-9-15)18(23)19-12-13-21(2)3/h8-11H,4-7,12-14H2,1-3H3,(H,19,23)(H,20,22). The predicted molar refractivity (Wildman–Crippen MR) is 93.3 cm³/mol. The van der Waals surface area contributed by atoms with Gasteiger partial charge in [0.2, 0.25) is 5.91 Å². The van der Waals surface area contributed by atoms with Gasteiger partial charge in [0, 0.05) is 31.6 Å². The van der Waals surface area contributed by atoms with Crippen molar-refractivity contribution in [1.82, 2.24) is 15.5 Å². The average molecular weight is 319 g/mol. The van der Waals surface area contributed by atoms with Crippen molar-refractivity contribution < 1.29 is 9.59 Å². The number of benzene rings is 1. The minimum atomic E-state index is -0.0676. The highest BCUT2D eigenvalue weighted by atomic mass is 16.2. The van der Waals surface area contributed by atoms with E-state index in [1.54, 1.807) is 12.1 Å². The Hall–Kier alpha value is -1.88. The quantitative estimate of drug-likeness (QED) is 0.650. The van der Waals surface area contributed by atoms with Crippen molar-refractivity contribution in [2.24, 2.45) is 0 Å². The minimum absolute atomic E-state index is 0.0676. The summed E-state index contributed by atoms with van der Waals surface area (Å²) in [5.74, 6) is 0.0194. The molecule has 0 spiro atoms. The maximum absolute atomic E-state index is 12.0. The first-order valence-corrected chi connectivity index (χ1v) is 8.31. The third-order valence-electron chi connectivity index (χ3n) is 3.56. The van der Waals surface area contributed by atoms with Gasteiger partial charge in [0.15, 0.2) is 0 Å². The van der Waals surface area contributed by atoms with E-state index in [2.05, 4.69) is 17.6 Å². The molecule has 0 bridgehead atoms. The van der Waals surface area contributed by atoms with Crippen LogP contribution in [-0.4, -0.2) is 43.9 Å². The van der Waals surface area contributed by atoms with Crippen LogP contribution in [0.4, 0.5) is 0 Å². The van der Waals surface area contributed by atoms with Crippen LogP contribution in [0, 0.1) is 0 Å². The molecule has 2 amide bonds. The molecular weight excluding hydrogens is 290 g/mol. The van der Waals surface area contributed by atoms with Crippen LogP contribution in [0.2, 0.25) is 0 Å². The van der Waals surface area contributed by atoms with Crippen LogP contribution in [-0.2, 0) is 11.3 Å². The van der Waals surface area contributed by atoms with Gasteiger partial charge in [0.05, 0.1) is 0 Å². The minimum Gasteiger partial charge on any atom is -0.352 e. The zero-order valence-electron chi connectivity index (χ0n) is 14.5. The van der Waals surface area contributed by atoms with Gasteiger partial charge in [0.1, 0.15) is 0 Å². The molecule has 0 saturated heterocycles. The summed E-state index contributed by atoms with van der Waals surface area (Å²) in [4.78, 5) is 25.6. The lowest BCUT2D eigenvalue weighted by Crippen LogP contribution is -2.31. The van der Waals surface area contributed by atoms with Crippen LogP contribution in [0.5, 0.6) is 0 Å². The van der Waals surface area contributed by atoms with Gasteiger partial charge in [-0.1, -0.05) is 31.9 Å². The molecular formula is C18H29N3O2. The lowest BCUT2D eigenvalue weighted by atomic mass is 10.1. The zero-order chi connectivity index (χ0) is 17.1. The molecule has 23 heavy (non-hydrogen) atoms. The highest BCUT2D eigenvalue weighted by Crippen LogP contribution is 2.05. The molecule has 128 valence electrons. The number of nitrogens with zero attached hydrogens (tertiary/aromatic N) is 1. The summed E-state index contributed by atoms with van der Waals surface area (Å²) in [6.07, 6.45) is 3.73. The molecule has 5 nitrogen and oxygen atoms in total. The van der Waals surface area contributed by atoms with Gasteiger partial charge in [-0.25, -0.2) is 0 Å². The normalized spacial score (nSPS) is 10.6. The van der Waals surface area contributed by atoms with Gasteiger partial charge in [-0.15, -0.1) is 0 Å². The first-order chi connectivity index (χ1) is 11.0. The molecule has 0 unspecified atom stereocenters. The van der Waals surface area contributed by atoms with Gasteiger partial charge in [0.25, 0.3) is 5.91 Å². The lowest BCUT2D eigenvalue weighted by Gasteiger charge is -2.10. The number of hydrogen-bond acceptors (Lipinski definition) is 3. The second kappa shape index (κ2) is 10.8. The first kappa shape index (κ1) is 19.2. The maximum atomic E-state index is 12.0. The Kier molecular flexibility index (Phi) is 8.98. The molecule has 0 aliphatic carbocycles. The van der Waals surface area contributed by atoms with E-state index >= 15 is 0 Å². The zero-order valence-corrected chi connectivity index (χ0v) is 14.5. The Balaban J connectivity index is 2.35. The molecule has 0 fully saturated rings. The third kappa shape index (κ3) is 8.35. The average Bonchev–Trinajstić information content (AvgIpc) is 2.53. The van der Waals surface area contributed by atoms with E-state index in [9.17, 15) is 9.59 Å². The van der Waals surface area contributed by atoms with Gasteiger partial charge in [-0.3, -0.25) is 9.59 Å². The summed E-state index contributed by atoms with van der Waals surface area (Å²) < 4.78 is 0. The van der Waals surface area contributed by atoms with Crippen molar-refractivity contribution in [3.8, 4) is 0 Å². The van der Waals surface area contributed by atoms with Crippen LogP contribution in [0.15, 0.2) is 24.3 Å². The number of likely N-dealkylation sites (N-methyl/N-ethyl adjacent to an activating group) is 1. The van der Waals surface area contributed by atoms with Crippen molar-refractivity contribution in [3.63, 3.8) is 0 Å². The van der Waals surface area contributed by atoms with E-state index in [-0.39, 0.29) is 11.8 Å². The number of nitrogens with one attached hydrogen (secondary N) is 2. The van der Waals surface area contributed by atoms with Crippen molar-refractivity contribution in [3.05, 3.63) is 35.4 Å². The Morgan fingerprint density at radius 2 is 1.74 bits per heavy atom. The topological polar surface area (TPSA) is 61.4 Å². The number of hydrogen-bond donors (Lipinski definition) is 2. The molecule has 0 radical (unpaired) electrons.